The molecule has 100 valence electrons. The predicted molar refractivity (Wildman–Crippen MR) is 70.8 cm³/mol. The zero-order valence-corrected chi connectivity index (χ0v) is 11.9. The van der Waals surface area contributed by atoms with Gasteiger partial charge in [-0.15, -0.1) is 0 Å². The number of hydrogen-bond donors (Lipinski definition) is 1. The number of nitrogens with one attached hydrogen (secondary N) is 1. The van der Waals surface area contributed by atoms with Crippen molar-refractivity contribution in [3.8, 4) is 0 Å². The van der Waals surface area contributed by atoms with Gasteiger partial charge < -0.3 is 14.8 Å². The van der Waals surface area contributed by atoms with E-state index in [9.17, 15) is 4.39 Å². The summed E-state index contributed by atoms with van der Waals surface area (Å²) < 4.78 is 25.4. The van der Waals surface area contributed by atoms with E-state index in [2.05, 4.69) is 21.2 Å². The lowest BCUT2D eigenvalue weighted by molar-refractivity contribution is -0.0531. The molecular formula is C13H17BrFNO2. The number of hydrogen-bond acceptors (Lipinski definition) is 3. The van der Waals surface area contributed by atoms with Gasteiger partial charge >= 0.3 is 0 Å². The molecule has 1 unspecified atom stereocenters. The topological polar surface area (TPSA) is 30.5 Å². The lowest BCUT2D eigenvalue weighted by Crippen LogP contribution is -2.26. The van der Waals surface area contributed by atoms with Crippen LogP contribution >= 0.6 is 15.9 Å². The third kappa shape index (κ3) is 3.29. The number of ether oxygens (including phenoxy) is 2. The second-order valence-corrected chi connectivity index (χ2v) is 5.01. The van der Waals surface area contributed by atoms with Crippen molar-refractivity contribution in [1.29, 1.82) is 0 Å². The van der Waals surface area contributed by atoms with Gasteiger partial charge in [-0.1, -0.05) is 19.1 Å². The van der Waals surface area contributed by atoms with Crippen LogP contribution in [0.5, 0.6) is 0 Å². The van der Waals surface area contributed by atoms with E-state index in [-0.39, 0.29) is 18.1 Å². The van der Waals surface area contributed by atoms with E-state index in [1.54, 1.807) is 12.1 Å². The molecule has 0 bridgehead atoms. The summed E-state index contributed by atoms with van der Waals surface area (Å²) in [5.74, 6) is -0.221. The Hall–Kier alpha value is -0.490. The summed E-state index contributed by atoms with van der Waals surface area (Å²) >= 11 is 3.21. The van der Waals surface area contributed by atoms with E-state index in [0.29, 0.717) is 29.7 Å². The predicted octanol–water partition coefficient (Wildman–Crippen LogP) is 3.00. The fourth-order valence-corrected chi connectivity index (χ4v) is 2.47. The lowest BCUT2D eigenvalue weighted by Gasteiger charge is -2.22. The smallest absolute Gasteiger partial charge is 0.159 e. The van der Waals surface area contributed by atoms with Crippen molar-refractivity contribution in [2.24, 2.45) is 0 Å². The summed E-state index contributed by atoms with van der Waals surface area (Å²) in [6.45, 7) is 4.00. The summed E-state index contributed by atoms with van der Waals surface area (Å²) in [5.41, 5.74) is 0.644. The molecule has 1 aliphatic rings. The first-order chi connectivity index (χ1) is 8.72. The quantitative estimate of drug-likeness (QED) is 0.905. The van der Waals surface area contributed by atoms with Crippen molar-refractivity contribution in [3.05, 3.63) is 34.1 Å². The monoisotopic (exact) mass is 317 g/mol. The van der Waals surface area contributed by atoms with Gasteiger partial charge in [0.2, 0.25) is 0 Å². The maximum Gasteiger partial charge on any atom is 0.159 e. The molecule has 2 rings (SSSR count). The summed E-state index contributed by atoms with van der Waals surface area (Å²) in [7, 11) is 0. The fraction of sp³-hybridized carbons (Fsp3) is 0.538. The van der Waals surface area contributed by atoms with E-state index in [1.807, 2.05) is 13.0 Å². The van der Waals surface area contributed by atoms with E-state index < -0.39 is 0 Å². The van der Waals surface area contributed by atoms with Gasteiger partial charge in [0.25, 0.3) is 0 Å². The number of halogens is 2. The van der Waals surface area contributed by atoms with Crippen LogP contribution in [-0.2, 0) is 9.47 Å². The Balaban J connectivity index is 2.14. The molecule has 0 radical (unpaired) electrons. The molecule has 18 heavy (non-hydrogen) atoms. The Kier molecular flexibility index (Phi) is 5.12. The van der Waals surface area contributed by atoms with Crippen molar-refractivity contribution in [3.63, 3.8) is 0 Å². The van der Waals surface area contributed by atoms with Gasteiger partial charge in [-0.25, -0.2) is 4.39 Å². The minimum Gasteiger partial charge on any atom is -0.350 e. The molecule has 5 heteroatoms. The Bertz CT molecular complexity index is 397. The summed E-state index contributed by atoms with van der Waals surface area (Å²) in [4.78, 5) is 0. The highest BCUT2D eigenvalue weighted by atomic mass is 79.9. The lowest BCUT2D eigenvalue weighted by atomic mass is 10.0. The van der Waals surface area contributed by atoms with Crippen LogP contribution in [0.1, 0.15) is 24.9 Å². The van der Waals surface area contributed by atoms with Crippen LogP contribution in [-0.4, -0.2) is 26.0 Å². The Morgan fingerprint density at radius 2 is 2.17 bits per heavy atom. The van der Waals surface area contributed by atoms with Gasteiger partial charge in [0, 0.05) is 18.0 Å². The molecule has 1 atom stereocenters. The van der Waals surface area contributed by atoms with Crippen LogP contribution in [0.2, 0.25) is 0 Å². The minimum atomic E-state index is -0.243. The standard InChI is InChI=1S/C13H17BrFNO2/c1-2-16-11(8-12-17-6-7-18-12)9-4-3-5-10(14)13(9)15/h3-5,11-12,16H,2,6-8H2,1H3. The van der Waals surface area contributed by atoms with E-state index >= 15 is 0 Å². The molecule has 0 aliphatic carbocycles. The first kappa shape index (κ1) is 13.9. The van der Waals surface area contributed by atoms with Gasteiger partial charge in [-0.2, -0.15) is 0 Å². The molecule has 0 saturated carbocycles. The number of rotatable bonds is 5. The molecule has 0 amide bonds. The van der Waals surface area contributed by atoms with Crippen molar-refractivity contribution in [1.82, 2.24) is 5.32 Å². The normalized spacial score (nSPS) is 18.2. The highest BCUT2D eigenvalue weighted by Gasteiger charge is 2.24. The number of benzene rings is 1. The Labute approximate surface area is 115 Å². The Morgan fingerprint density at radius 3 is 2.83 bits per heavy atom. The maximum atomic E-state index is 14.1. The fourth-order valence-electron chi connectivity index (χ4n) is 2.09. The van der Waals surface area contributed by atoms with Crippen LogP contribution in [0, 0.1) is 5.82 Å². The molecule has 0 spiro atoms. The second-order valence-electron chi connectivity index (χ2n) is 4.16. The summed E-state index contributed by atoms with van der Waals surface area (Å²) in [6, 6.07) is 5.23. The second kappa shape index (κ2) is 6.61. The van der Waals surface area contributed by atoms with Gasteiger partial charge in [0.1, 0.15) is 5.82 Å². The molecule has 1 saturated heterocycles. The van der Waals surface area contributed by atoms with E-state index in [1.165, 1.54) is 0 Å². The van der Waals surface area contributed by atoms with Crippen LogP contribution in [0.3, 0.4) is 0 Å². The Morgan fingerprint density at radius 1 is 1.44 bits per heavy atom. The third-order valence-corrected chi connectivity index (χ3v) is 3.54. The highest BCUT2D eigenvalue weighted by Crippen LogP contribution is 2.28. The van der Waals surface area contributed by atoms with E-state index in [0.717, 1.165) is 6.54 Å². The molecule has 1 aliphatic heterocycles. The maximum absolute atomic E-state index is 14.1. The first-order valence-electron chi connectivity index (χ1n) is 6.13. The molecule has 1 heterocycles. The van der Waals surface area contributed by atoms with E-state index in [4.69, 9.17) is 9.47 Å². The highest BCUT2D eigenvalue weighted by molar-refractivity contribution is 9.10. The van der Waals surface area contributed by atoms with Crippen molar-refractivity contribution in [2.75, 3.05) is 19.8 Å². The largest absolute Gasteiger partial charge is 0.350 e. The van der Waals surface area contributed by atoms with Crippen LogP contribution in [0.25, 0.3) is 0 Å². The zero-order valence-electron chi connectivity index (χ0n) is 10.3. The van der Waals surface area contributed by atoms with Crippen molar-refractivity contribution in [2.45, 2.75) is 25.7 Å². The third-order valence-electron chi connectivity index (χ3n) is 2.93. The summed E-state index contributed by atoms with van der Waals surface area (Å²) in [5, 5.41) is 3.27. The van der Waals surface area contributed by atoms with Gasteiger partial charge in [-0.05, 0) is 28.5 Å². The van der Waals surface area contributed by atoms with Gasteiger partial charge in [-0.3, -0.25) is 0 Å². The van der Waals surface area contributed by atoms with Gasteiger partial charge in [0.05, 0.1) is 17.7 Å². The molecule has 3 nitrogen and oxygen atoms in total. The summed E-state index contributed by atoms with van der Waals surface area (Å²) in [6.07, 6.45) is 0.369. The molecule has 1 N–H and O–H groups in total. The first-order valence-corrected chi connectivity index (χ1v) is 6.92. The molecular weight excluding hydrogens is 301 g/mol. The van der Waals surface area contributed by atoms with Crippen LogP contribution in [0.4, 0.5) is 4.39 Å². The van der Waals surface area contributed by atoms with Crippen LogP contribution < -0.4 is 5.32 Å². The SMILES string of the molecule is CCNC(CC1OCCO1)c1cccc(Br)c1F. The minimum absolute atomic E-state index is 0.101. The molecule has 0 aromatic heterocycles. The molecule has 1 fully saturated rings. The molecule has 1 aromatic carbocycles. The van der Waals surface area contributed by atoms with Crippen molar-refractivity contribution >= 4 is 15.9 Å². The average molecular weight is 318 g/mol. The van der Waals surface area contributed by atoms with Gasteiger partial charge in [0.15, 0.2) is 6.29 Å². The van der Waals surface area contributed by atoms with Crippen LogP contribution in [0.15, 0.2) is 22.7 Å². The average Bonchev–Trinajstić information content (AvgIpc) is 2.85. The zero-order chi connectivity index (χ0) is 13.0. The molecule has 1 aromatic rings. The van der Waals surface area contributed by atoms with Crippen molar-refractivity contribution < 1.29 is 13.9 Å².